The summed E-state index contributed by atoms with van der Waals surface area (Å²) < 4.78 is 5.73. The fraction of sp³-hybridized carbons (Fsp3) is 0.611. The Balaban J connectivity index is 1.56. The Bertz CT molecular complexity index is 478. The SMILES string of the molecule is O=C(NC1CCCCCCC1)[C@@H]1COc2ccccc2C1. The molecule has 3 rings (SSSR count). The second-order valence-corrected chi connectivity index (χ2v) is 6.37. The van der Waals surface area contributed by atoms with Crippen molar-refractivity contribution in [2.45, 2.75) is 57.4 Å². The van der Waals surface area contributed by atoms with Crippen molar-refractivity contribution < 1.29 is 9.53 Å². The molecular formula is C18H25NO2. The molecule has 114 valence electrons. The molecule has 2 aliphatic rings. The van der Waals surface area contributed by atoms with E-state index in [1.165, 1.54) is 32.1 Å². The first-order chi connectivity index (χ1) is 10.3. The number of para-hydroxylation sites is 1. The molecule has 0 spiro atoms. The highest BCUT2D eigenvalue weighted by Gasteiger charge is 2.27. The lowest BCUT2D eigenvalue weighted by Gasteiger charge is -2.27. The molecule has 0 saturated heterocycles. The van der Waals surface area contributed by atoms with E-state index in [-0.39, 0.29) is 11.8 Å². The summed E-state index contributed by atoms with van der Waals surface area (Å²) in [7, 11) is 0. The van der Waals surface area contributed by atoms with Gasteiger partial charge < -0.3 is 10.1 Å². The van der Waals surface area contributed by atoms with Crippen molar-refractivity contribution in [1.29, 1.82) is 0 Å². The first-order valence-electron chi connectivity index (χ1n) is 8.34. The van der Waals surface area contributed by atoms with Gasteiger partial charge in [0.1, 0.15) is 12.4 Å². The molecule has 0 radical (unpaired) electrons. The first-order valence-corrected chi connectivity index (χ1v) is 8.34. The van der Waals surface area contributed by atoms with Gasteiger partial charge in [-0.25, -0.2) is 0 Å². The van der Waals surface area contributed by atoms with Crippen LogP contribution in [0.2, 0.25) is 0 Å². The second-order valence-electron chi connectivity index (χ2n) is 6.37. The number of ether oxygens (including phenoxy) is 1. The number of nitrogens with one attached hydrogen (secondary N) is 1. The van der Waals surface area contributed by atoms with Gasteiger partial charge in [0.05, 0.1) is 5.92 Å². The lowest BCUT2D eigenvalue weighted by atomic mass is 9.93. The van der Waals surface area contributed by atoms with Gasteiger partial charge in [0.15, 0.2) is 0 Å². The summed E-state index contributed by atoms with van der Waals surface area (Å²) >= 11 is 0. The molecule has 0 unspecified atom stereocenters. The molecule has 1 aromatic carbocycles. The molecule has 1 fully saturated rings. The Morgan fingerprint density at radius 2 is 1.76 bits per heavy atom. The largest absolute Gasteiger partial charge is 0.492 e. The van der Waals surface area contributed by atoms with Crippen LogP contribution in [0.5, 0.6) is 5.75 Å². The summed E-state index contributed by atoms with van der Waals surface area (Å²) in [5, 5.41) is 3.27. The van der Waals surface area contributed by atoms with E-state index in [0.717, 1.165) is 30.6 Å². The van der Waals surface area contributed by atoms with Crippen LogP contribution >= 0.6 is 0 Å². The third-order valence-corrected chi connectivity index (χ3v) is 4.70. The molecule has 1 amide bonds. The lowest BCUT2D eigenvalue weighted by Crippen LogP contribution is -2.42. The number of carbonyl (C=O) groups excluding carboxylic acids is 1. The second kappa shape index (κ2) is 6.97. The number of benzene rings is 1. The van der Waals surface area contributed by atoms with E-state index >= 15 is 0 Å². The molecule has 1 saturated carbocycles. The van der Waals surface area contributed by atoms with Crippen molar-refractivity contribution >= 4 is 5.91 Å². The number of hydrogen-bond donors (Lipinski definition) is 1. The van der Waals surface area contributed by atoms with Crippen LogP contribution in [0.3, 0.4) is 0 Å². The molecule has 1 heterocycles. The van der Waals surface area contributed by atoms with E-state index in [0.29, 0.717) is 12.6 Å². The van der Waals surface area contributed by atoms with Crippen LogP contribution in [-0.4, -0.2) is 18.6 Å². The predicted octanol–water partition coefficient (Wildman–Crippen LogP) is 3.47. The zero-order chi connectivity index (χ0) is 14.5. The van der Waals surface area contributed by atoms with Gasteiger partial charge in [-0.2, -0.15) is 0 Å². The van der Waals surface area contributed by atoms with E-state index in [4.69, 9.17) is 4.74 Å². The van der Waals surface area contributed by atoms with Gasteiger partial charge in [-0.05, 0) is 30.9 Å². The molecule has 1 aromatic rings. The summed E-state index contributed by atoms with van der Waals surface area (Å²) in [4.78, 5) is 12.5. The summed E-state index contributed by atoms with van der Waals surface area (Å²) in [5.74, 6) is 1.08. The Hall–Kier alpha value is -1.51. The van der Waals surface area contributed by atoms with Crippen LogP contribution in [0.15, 0.2) is 24.3 Å². The molecule has 1 aliphatic heterocycles. The van der Waals surface area contributed by atoms with Crippen LogP contribution in [0.25, 0.3) is 0 Å². The number of rotatable bonds is 2. The summed E-state index contributed by atoms with van der Waals surface area (Å²) in [6.45, 7) is 0.509. The minimum atomic E-state index is -0.0367. The third-order valence-electron chi connectivity index (χ3n) is 4.70. The van der Waals surface area contributed by atoms with Gasteiger partial charge >= 0.3 is 0 Å². The molecule has 1 atom stereocenters. The van der Waals surface area contributed by atoms with Gasteiger partial charge in [-0.3, -0.25) is 4.79 Å². The molecule has 21 heavy (non-hydrogen) atoms. The molecule has 1 N–H and O–H groups in total. The van der Waals surface area contributed by atoms with Crippen LogP contribution in [0.1, 0.15) is 50.5 Å². The summed E-state index contributed by atoms with van der Waals surface area (Å²) in [6, 6.07) is 8.41. The zero-order valence-electron chi connectivity index (χ0n) is 12.6. The average Bonchev–Trinajstić information content (AvgIpc) is 2.49. The molecule has 0 aromatic heterocycles. The normalized spacial score (nSPS) is 23.3. The number of carbonyl (C=O) groups is 1. The van der Waals surface area contributed by atoms with Crippen molar-refractivity contribution in [3.05, 3.63) is 29.8 Å². The van der Waals surface area contributed by atoms with Crippen molar-refractivity contribution in [3.8, 4) is 5.75 Å². The first kappa shape index (κ1) is 14.4. The van der Waals surface area contributed by atoms with E-state index in [9.17, 15) is 4.79 Å². The molecule has 3 nitrogen and oxygen atoms in total. The third kappa shape index (κ3) is 3.78. The Morgan fingerprint density at radius 1 is 1.05 bits per heavy atom. The monoisotopic (exact) mass is 287 g/mol. The maximum Gasteiger partial charge on any atom is 0.227 e. The highest BCUT2D eigenvalue weighted by atomic mass is 16.5. The van der Waals surface area contributed by atoms with E-state index in [1.54, 1.807) is 0 Å². The van der Waals surface area contributed by atoms with E-state index in [2.05, 4.69) is 11.4 Å². The minimum absolute atomic E-state index is 0.0367. The molecule has 1 aliphatic carbocycles. The minimum Gasteiger partial charge on any atom is -0.492 e. The fourth-order valence-electron chi connectivity index (χ4n) is 3.42. The van der Waals surface area contributed by atoms with Crippen molar-refractivity contribution in [2.75, 3.05) is 6.61 Å². The van der Waals surface area contributed by atoms with Crippen molar-refractivity contribution in [3.63, 3.8) is 0 Å². The lowest BCUT2D eigenvalue weighted by molar-refractivity contribution is -0.127. The van der Waals surface area contributed by atoms with Crippen molar-refractivity contribution in [2.24, 2.45) is 5.92 Å². The Kier molecular flexibility index (Phi) is 4.79. The van der Waals surface area contributed by atoms with Gasteiger partial charge in [-0.1, -0.05) is 50.3 Å². The summed E-state index contributed by atoms with van der Waals surface area (Å²) in [5.41, 5.74) is 1.15. The van der Waals surface area contributed by atoms with E-state index < -0.39 is 0 Å². The molecule has 0 bridgehead atoms. The highest BCUT2D eigenvalue weighted by molar-refractivity contribution is 5.79. The topological polar surface area (TPSA) is 38.3 Å². The number of hydrogen-bond acceptors (Lipinski definition) is 2. The molecule has 3 heteroatoms. The van der Waals surface area contributed by atoms with Gasteiger partial charge in [0, 0.05) is 6.04 Å². The molecular weight excluding hydrogens is 262 g/mol. The predicted molar refractivity (Wildman–Crippen MR) is 83.4 cm³/mol. The van der Waals surface area contributed by atoms with Crippen molar-refractivity contribution in [1.82, 2.24) is 5.32 Å². The van der Waals surface area contributed by atoms with Crippen LogP contribution in [0, 0.1) is 5.92 Å². The smallest absolute Gasteiger partial charge is 0.227 e. The van der Waals surface area contributed by atoms with Gasteiger partial charge in [0.25, 0.3) is 0 Å². The van der Waals surface area contributed by atoms with Crippen LogP contribution in [0.4, 0.5) is 0 Å². The summed E-state index contributed by atoms with van der Waals surface area (Å²) in [6.07, 6.45) is 9.54. The highest BCUT2D eigenvalue weighted by Crippen LogP contribution is 2.27. The van der Waals surface area contributed by atoms with Gasteiger partial charge in [-0.15, -0.1) is 0 Å². The number of amides is 1. The van der Waals surface area contributed by atoms with E-state index in [1.807, 2.05) is 18.2 Å². The Labute approximate surface area is 127 Å². The fourth-order valence-corrected chi connectivity index (χ4v) is 3.42. The standard InChI is InChI=1S/C18H25NO2/c20-18(19-16-9-4-2-1-3-5-10-16)15-12-14-8-6-7-11-17(14)21-13-15/h6-8,11,15-16H,1-5,9-10,12-13H2,(H,19,20)/t15-/m0/s1. The average molecular weight is 287 g/mol. The number of fused-ring (bicyclic) bond motifs is 1. The van der Waals surface area contributed by atoms with Crippen LogP contribution in [-0.2, 0) is 11.2 Å². The quantitative estimate of drug-likeness (QED) is 0.904. The van der Waals surface area contributed by atoms with Crippen LogP contribution < -0.4 is 10.1 Å². The maximum atomic E-state index is 12.5. The maximum absolute atomic E-state index is 12.5. The Morgan fingerprint density at radius 3 is 2.57 bits per heavy atom. The van der Waals surface area contributed by atoms with Gasteiger partial charge in [0.2, 0.25) is 5.91 Å². The zero-order valence-corrected chi connectivity index (χ0v) is 12.6.